The molecule has 0 radical (unpaired) electrons. The molecule has 0 bridgehead atoms. The van der Waals surface area contributed by atoms with Crippen molar-refractivity contribution in [3.63, 3.8) is 0 Å². The molecule has 0 saturated carbocycles. The molecule has 23 heavy (non-hydrogen) atoms. The lowest BCUT2D eigenvalue weighted by molar-refractivity contribution is -0.129. The summed E-state index contributed by atoms with van der Waals surface area (Å²) in [5, 5.41) is 5.60. The van der Waals surface area contributed by atoms with E-state index in [1.165, 1.54) is 0 Å². The Balaban J connectivity index is 2.47. The molecule has 0 aromatic heterocycles. The van der Waals surface area contributed by atoms with Gasteiger partial charge in [0.1, 0.15) is 5.60 Å². The first-order valence-corrected chi connectivity index (χ1v) is 8.06. The van der Waals surface area contributed by atoms with Gasteiger partial charge < -0.3 is 15.4 Å². The number of likely N-dealkylation sites (N-methyl/N-ethyl adjacent to an activating group) is 1. The van der Waals surface area contributed by atoms with E-state index in [0.717, 1.165) is 24.0 Å². The molecule has 0 spiro atoms. The molecule has 1 aliphatic rings. The zero-order valence-electron chi connectivity index (χ0n) is 14.5. The molecule has 5 nitrogen and oxygen atoms in total. The number of ether oxygens (including phenoxy) is 1. The minimum Gasteiger partial charge on any atom is -0.444 e. The van der Waals surface area contributed by atoms with E-state index >= 15 is 0 Å². The molecule has 2 unspecified atom stereocenters. The van der Waals surface area contributed by atoms with E-state index in [4.69, 9.17) is 4.74 Å². The number of carbonyl (C=O) groups excluding carboxylic acids is 2. The van der Waals surface area contributed by atoms with Gasteiger partial charge in [-0.15, -0.1) is 0 Å². The molecule has 0 fully saturated rings. The van der Waals surface area contributed by atoms with Crippen LogP contribution in [-0.4, -0.2) is 24.6 Å². The van der Waals surface area contributed by atoms with Crippen LogP contribution in [0.5, 0.6) is 0 Å². The zero-order chi connectivity index (χ0) is 17.3. The molecule has 1 aromatic rings. The van der Waals surface area contributed by atoms with Crippen LogP contribution in [0.15, 0.2) is 24.3 Å². The number of amides is 2. The number of fused-ring (bicyclic) bond motifs is 1. The monoisotopic (exact) mass is 318 g/mol. The van der Waals surface area contributed by atoms with E-state index in [2.05, 4.69) is 10.6 Å². The van der Waals surface area contributed by atoms with Crippen LogP contribution < -0.4 is 10.6 Å². The lowest BCUT2D eigenvalue weighted by Crippen LogP contribution is -2.59. The van der Waals surface area contributed by atoms with Crippen molar-refractivity contribution < 1.29 is 14.3 Å². The maximum atomic E-state index is 12.8. The Labute approximate surface area is 137 Å². The summed E-state index contributed by atoms with van der Waals surface area (Å²) in [6, 6.07) is 7.78. The van der Waals surface area contributed by atoms with Gasteiger partial charge in [0.2, 0.25) is 0 Å². The van der Waals surface area contributed by atoms with Gasteiger partial charge in [-0.2, -0.15) is 0 Å². The first kappa shape index (κ1) is 17.3. The van der Waals surface area contributed by atoms with Crippen LogP contribution in [0.2, 0.25) is 0 Å². The summed E-state index contributed by atoms with van der Waals surface area (Å²) in [5.74, 6) is -0.215. The number of hydrogen-bond donors (Lipinski definition) is 2. The largest absolute Gasteiger partial charge is 0.444 e. The van der Waals surface area contributed by atoms with Crippen molar-refractivity contribution in [2.45, 2.75) is 51.7 Å². The smallest absolute Gasteiger partial charge is 0.408 e. The summed E-state index contributed by atoms with van der Waals surface area (Å²) in [6.07, 6.45) is 0.963. The fourth-order valence-corrected chi connectivity index (χ4v) is 3.37. The normalized spacial score (nSPS) is 23.1. The number of rotatable bonds is 3. The molecule has 1 aliphatic carbocycles. The summed E-state index contributed by atoms with van der Waals surface area (Å²) in [5.41, 5.74) is 0.257. The van der Waals surface area contributed by atoms with Crippen LogP contribution in [0.4, 0.5) is 4.79 Å². The molecule has 2 amide bonds. The van der Waals surface area contributed by atoms with E-state index < -0.39 is 17.2 Å². The molecule has 2 rings (SSSR count). The van der Waals surface area contributed by atoms with Crippen molar-refractivity contribution in [1.29, 1.82) is 0 Å². The number of nitrogens with one attached hydrogen (secondary N) is 2. The van der Waals surface area contributed by atoms with Gasteiger partial charge in [-0.25, -0.2) is 4.79 Å². The van der Waals surface area contributed by atoms with Crippen molar-refractivity contribution >= 4 is 12.0 Å². The molecule has 0 saturated heterocycles. The molecule has 0 heterocycles. The second-order valence-electron chi connectivity index (χ2n) is 6.98. The Morgan fingerprint density at radius 1 is 1.30 bits per heavy atom. The van der Waals surface area contributed by atoms with Crippen LogP contribution in [0.3, 0.4) is 0 Å². The first-order valence-electron chi connectivity index (χ1n) is 8.06. The Bertz CT molecular complexity index is 607. The zero-order valence-corrected chi connectivity index (χ0v) is 14.5. The Kier molecular flexibility index (Phi) is 4.68. The third-order valence-electron chi connectivity index (χ3n) is 4.30. The van der Waals surface area contributed by atoms with Crippen molar-refractivity contribution in [1.82, 2.24) is 10.6 Å². The predicted octanol–water partition coefficient (Wildman–Crippen LogP) is 2.73. The van der Waals surface area contributed by atoms with Crippen molar-refractivity contribution in [2.75, 3.05) is 7.05 Å². The van der Waals surface area contributed by atoms with Gasteiger partial charge in [-0.3, -0.25) is 4.79 Å². The summed E-state index contributed by atoms with van der Waals surface area (Å²) in [7, 11) is 1.59. The van der Waals surface area contributed by atoms with Gasteiger partial charge in [-0.1, -0.05) is 31.2 Å². The number of alkyl carbamates (subject to hydrolysis) is 1. The third kappa shape index (κ3) is 3.19. The van der Waals surface area contributed by atoms with Crippen molar-refractivity contribution in [2.24, 2.45) is 5.92 Å². The maximum Gasteiger partial charge on any atom is 0.408 e. The standard InChI is InChI=1S/C18H26N2O3/c1-6-13-11-12-9-7-8-10-14(12)18(13,15(21)19-5)20-16(22)23-17(2,3)4/h7-10,13H,6,11H2,1-5H3,(H,19,21)(H,20,22). The van der Waals surface area contributed by atoms with Gasteiger partial charge in [0, 0.05) is 7.05 Å². The average Bonchev–Trinajstić information content (AvgIpc) is 2.79. The summed E-state index contributed by atoms with van der Waals surface area (Å²) in [6.45, 7) is 7.45. The highest BCUT2D eigenvalue weighted by Gasteiger charge is 2.52. The van der Waals surface area contributed by atoms with Crippen molar-refractivity contribution in [3.05, 3.63) is 35.4 Å². The third-order valence-corrected chi connectivity index (χ3v) is 4.30. The predicted molar refractivity (Wildman–Crippen MR) is 89.0 cm³/mol. The molecule has 5 heteroatoms. The topological polar surface area (TPSA) is 67.4 Å². The minimum atomic E-state index is -1.08. The number of carbonyl (C=O) groups is 2. The van der Waals surface area contributed by atoms with E-state index in [1.807, 2.05) is 31.2 Å². The average molecular weight is 318 g/mol. The highest BCUT2D eigenvalue weighted by atomic mass is 16.6. The molecule has 126 valence electrons. The lowest BCUT2D eigenvalue weighted by Gasteiger charge is -2.35. The molecule has 2 N–H and O–H groups in total. The highest BCUT2D eigenvalue weighted by molar-refractivity contribution is 5.92. The maximum absolute atomic E-state index is 12.8. The SMILES string of the molecule is CCC1Cc2ccccc2C1(NC(=O)OC(C)(C)C)C(=O)NC. The molecule has 2 atom stereocenters. The van der Waals surface area contributed by atoms with E-state index in [9.17, 15) is 9.59 Å². The van der Waals surface area contributed by atoms with Gasteiger partial charge >= 0.3 is 6.09 Å². The molecule has 0 aliphatic heterocycles. The van der Waals surface area contributed by atoms with Gasteiger partial charge in [0.15, 0.2) is 5.54 Å². The fourth-order valence-electron chi connectivity index (χ4n) is 3.37. The van der Waals surface area contributed by atoms with Crippen LogP contribution in [0, 0.1) is 5.92 Å². The highest BCUT2D eigenvalue weighted by Crippen LogP contribution is 2.43. The van der Waals surface area contributed by atoms with Crippen LogP contribution in [0.1, 0.15) is 45.2 Å². The van der Waals surface area contributed by atoms with Crippen LogP contribution in [-0.2, 0) is 21.5 Å². The summed E-state index contributed by atoms with van der Waals surface area (Å²) < 4.78 is 5.40. The molecular weight excluding hydrogens is 292 g/mol. The van der Waals surface area contributed by atoms with Gasteiger partial charge in [-0.05, 0) is 50.7 Å². The summed E-state index contributed by atoms with van der Waals surface area (Å²) >= 11 is 0. The Hall–Kier alpha value is -2.04. The number of benzene rings is 1. The van der Waals surface area contributed by atoms with Crippen LogP contribution in [0.25, 0.3) is 0 Å². The molecule has 1 aromatic carbocycles. The fraction of sp³-hybridized carbons (Fsp3) is 0.556. The van der Waals surface area contributed by atoms with E-state index in [-0.39, 0.29) is 11.8 Å². The number of hydrogen-bond acceptors (Lipinski definition) is 3. The van der Waals surface area contributed by atoms with Gasteiger partial charge in [0.05, 0.1) is 0 Å². The van der Waals surface area contributed by atoms with Crippen LogP contribution >= 0.6 is 0 Å². The van der Waals surface area contributed by atoms with E-state index in [0.29, 0.717) is 0 Å². The minimum absolute atomic E-state index is 0.00707. The van der Waals surface area contributed by atoms with E-state index in [1.54, 1.807) is 27.8 Å². The quantitative estimate of drug-likeness (QED) is 0.900. The van der Waals surface area contributed by atoms with Gasteiger partial charge in [0.25, 0.3) is 5.91 Å². The second-order valence-corrected chi connectivity index (χ2v) is 6.98. The van der Waals surface area contributed by atoms with Crippen molar-refractivity contribution in [3.8, 4) is 0 Å². The Morgan fingerprint density at radius 2 is 1.96 bits per heavy atom. The summed E-state index contributed by atoms with van der Waals surface area (Å²) in [4.78, 5) is 25.2. The Morgan fingerprint density at radius 3 is 2.52 bits per heavy atom. The lowest BCUT2D eigenvalue weighted by atomic mass is 9.81. The molecular formula is C18H26N2O3. The first-order chi connectivity index (χ1) is 10.7. The second kappa shape index (κ2) is 6.22.